The standard InChI is InChI=1S/C17H16ClN3O2/c1-10-14(11(2)20-17(23)15(10)9-19)6-7-16(22)21-13-5-3-4-12(18)8-13/h3-5,8H,6-7H2,1-2H3,(H,20,23)(H,21,22). The number of benzene rings is 1. The van der Waals surface area contributed by atoms with Crippen molar-refractivity contribution in [3.8, 4) is 6.07 Å². The lowest BCUT2D eigenvalue weighted by Crippen LogP contribution is -2.18. The van der Waals surface area contributed by atoms with E-state index in [0.717, 1.165) is 5.56 Å². The first kappa shape index (κ1) is 16.8. The minimum absolute atomic E-state index is 0.0980. The molecule has 1 aromatic carbocycles. The summed E-state index contributed by atoms with van der Waals surface area (Å²) < 4.78 is 0. The molecule has 0 bridgehead atoms. The molecule has 0 aliphatic rings. The summed E-state index contributed by atoms with van der Waals surface area (Å²) in [7, 11) is 0. The molecule has 0 atom stereocenters. The Hall–Kier alpha value is -2.58. The number of aromatic amines is 1. The van der Waals surface area contributed by atoms with Gasteiger partial charge in [-0.15, -0.1) is 0 Å². The summed E-state index contributed by atoms with van der Waals surface area (Å²) in [5.41, 5.74) is 2.47. The van der Waals surface area contributed by atoms with E-state index in [4.69, 9.17) is 16.9 Å². The zero-order valence-electron chi connectivity index (χ0n) is 12.9. The highest BCUT2D eigenvalue weighted by atomic mass is 35.5. The lowest BCUT2D eigenvalue weighted by atomic mass is 9.99. The van der Waals surface area contributed by atoms with Crippen molar-refractivity contribution in [2.75, 3.05) is 5.32 Å². The summed E-state index contributed by atoms with van der Waals surface area (Å²) in [4.78, 5) is 26.4. The summed E-state index contributed by atoms with van der Waals surface area (Å²) in [5.74, 6) is -0.157. The van der Waals surface area contributed by atoms with Gasteiger partial charge in [0.1, 0.15) is 11.6 Å². The van der Waals surface area contributed by atoms with E-state index in [-0.39, 0.29) is 17.9 Å². The molecule has 118 valence electrons. The van der Waals surface area contributed by atoms with E-state index in [1.165, 1.54) is 0 Å². The molecule has 2 N–H and O–H groups in total. The number of carbonyl (C=O) groups excluding carboxylic acids is 1. The van der Waals surface area contributed by atoms with Crippen LogP contribution in [0.15, 0.2) is 29.1 Å². The quantitative estimate of drug-likeness (QED) is 0.903. The van der Waals surface area contributed by atoms with Gasteiger partial charge in [0.05, 0.1) is 0 Å². The van der Waals surface area contributed by atoms with Gasteiger partial charge in [0.15, 0.2) is 0 Å². The number of carbonyl (C=O) groups is 1. The summed E-state index contributed by atoms with van der Waals surface area (Å²) in [6.07, 6.45) is 0.681. The predicted molar refractivity (Wildman–Crippen MR) is 89.7 cm³/mol. The van der Waals surface area contributed by atoms with Crippen molar-refractivity contribution in [1.29, 1.82) is 5.26 Å². The third-order valence-corrected chi connectivity index (χ3v) is 3.87. The van der Waals surface area contributed by atoms with Crippen LogP contribution in [0.2, 0.25) is 5.02 Å². The minimum atomic E-state index is -0.394. The highest BCUT2D eigenvalue weighted by Crippen LogP contribution is 2.17. The number of nitrogens with zero attached hydrogens (tertiary/aromatic N) is 1. The van der Waals surface area contributed by atoms with Crippen molar-refractivity contribution in [3.63, 3.8) is 0 Å². The number of hydrogen-bond donors (Lipinski definition) is 2. The van der Waals surface area contributed by atoms with Crippen LogP contribution in [0.5, 0.6) is 0 Å². The van der Waals surface area contributed by atoms with Crippen molar-refractivity contribution in [2.24, 2.45) is 0 Å². The fourth-order valence-electron chi connectivity index (χ4n) is 2.45. The molecule has 6 heteroatoms. The average molecular weight is 330 g/mol. The number of hydrogen-bond acceptors (Lipinski definition) is 3. The third-order valence-electron chi connectivity index (χ3n) is 3.63. The number of pyridine rings is 1. The molecule has 0 unspecified atom stereocenters. The average Bonchev–Trinajstić information content (AvgIpc) is 2.47. The van der Waals surface area contributed by atoms with E-state index < -0.39 is 5.56 Å². The van der Waals surface area contributed by atoms with Crippen LogP contribution in [0.3, 0.4) is 0 Å². The van der Waals surface area contributed by atoms with Crippen molar-refractivity contribution in [3.05, 3.63) is 62.0 Å². The molecule has 1 aromatic heterocycles. The van der Waals surface area contributed by atoms with Gasteiger partial charge in [0, 0.05) is 22.8 Å². The third kappa shape index (κ3) is 3.99. The molecule has 0 aliphatic carbocycles. The van der Waals surface area contributed by atoms with Gasteiger partial charge in [-0.2, -0.15) is 5.26 Å². The van der Waals surface area contributed by atoms with E-state index in [1.807, 2.05) is 6.07 Å². The zero-order chi connectivity index (χ0) is 17.0. The number of nitriles is 1. The van der Waals surface area contributed by atoms with E-state index in [1.54, 1.807) is 38.1 Å². The monoisotopic (exact) mass is 329 g/mol. The maximum Gasteiger partial charge on any atom is 0.266 e. The minimum Gasteiger partial charge on any atom is -0.326 e. The van der Waals surface area contributed by atoms with E-state index in [9.17, 15) is 9.59 Å². The number of nitrogens with one attached hydrogen (secondary N) is 2. The van der Waals surface area contributed by atoms with Crippen LogP contribution in [0.1, 0.15) is 28.8 Å². The van der Waals surface area contributed by atoms with Gasteiger partial charge in [-0.3, -0.25) is 9.59 Å². The summed E-state index contributed by atoms with van der Waals surface area (Å²) >= 11 is 5.88. The molecule has 1 heterocycles. The number of anilines is 1. The van der Waals surface area contributed by atoms with Crippen LogP contribution in [-0.2, 0) is 11.2 Å². The van der Waals surface area contributed by atoms with Gasteiger partial charge in [-0.05, 0) is 49.6 Å². The van der Waals surface area contributed by atoms with Crippen LogP contribution in [-0.4, -0.2) is 10.9 Å². The van der Waals surface area contributed by atoms with Crippen LogP contribution in [0, 0.1) is 25.2 Å². The molecule has 2 aromatic rings. The van der Waals surface area contributed by atoms with E-state index in [2.05, 4.69) is 10.3 Å². The molecule has 5 nitrogen and oxygen atoms in total. The number of aromatic nitrogens is 1. The second-order valence-corrected chi connectivity index (χ2v) is 5.66. The van der Waals surface area contributed by atoms with Crippen molar-refractivity contribution in [1.82, 2.24) is 4.98 Å². The Labute approximate surface area is 138 Å². The number of aryl methyl sites for hydroxylation is 1. The Morgan fingerprint density at radius 1 is 1.39 bits per heavy atom. The lowest BCUT2D eigenvalue weighted by molar-refractivity contribution is -0.116. The Balaban J connectivity index is 2.11. The topological polar surface area (TPSA) is 85.8 Å². The molecule has 0 aliphatic heterocycles. The molecule has 0 radical (unpaired) electrons. The first-order valence-corrected chi connectivity index (χ1v) is 7.48. The molecule has 0 fully saturated rings. The summed E-state index contributed by atoms with van der Waals surface area (Å²) in [5, 5.41) is 12.4. The van der Waals surface area contributed by atoms with E-state index >= 15 is 0 Å². The smallest absolute Gasteiger partial charge is 0.266 e. The molecule has 23 heavy (non-hydrogen) atoms. The number of H-pyrrole nitrogens is 1. The normalized spacial score (nSPS) is 10.2. The van der Waals surface area contributed by atoms with Gasteiger partial charge in [0.25, 0.3) is 5.56 Å². The Bertz CT molecular complexity index is 850. The van der Waals surface area contributed by atoms with Crippen molar-refractivity contribution in [2.45, 2.75) is 26.7 Å². The number of rotatable bonds is 4. The Morgan fingerprint density at radius 3 is 2.78 bits per heavy atom. The summed E-state index contributed by atoms with van der Waals surface area (Å²) in [6, 6.07) is 8.82. The maximum absolute atomic E-state index is 12.0. The maximum atomic E-state index is 12.0. The van der Waals surface area contributed by atoms with E-state index in [0.29, 0.717) is 28.4 Å². The van der Waals surface area contributed by atoms with Crippen molar-refractivity contribution >= 4 is 23.2 Å². The molecule has 2 rings (SSSR count). The van der Waals surface area contributed by atoms with Gasteiger partial charge in [0.2, 0.25) is 5.91 Å². The predicted octanol–water partition coefficient (Wildman–Crippen LogP) is 3.09. The number of halogens is 1. The molecule has 0 saturated carbocycles. The van der Waals surface area contributed by atoms with Crippen LogP contribution >= 0.6 is 11.6 Å². The van der Waals surface area contributed by atoms with Gasteiger partial charge >= 0.3 is 0 Å². The molecular formula is C17H16ClN3O2. The van der Waals surface area contributed by atoms with Crippen LogP contribution in [0.25, 0.3) is 0 Å². The van der Waals surface area contributed by atoms with Gasteiger partial charge in [-0.25, -0.2) is 0 Å². The number of amides is 1. The van der Waals surface area contributed by atoms with Crippen LogP contribution in [0.4, 0.5) is 5.69 Å². The molecule has 0 saturated heterocycles. The highest BCUT2D eigenvalue weighted by Gasteiger charge is 2.13. The van der Waals surface area contributed by atoms with Crippen LogP contribution < -0.4 is 10.9 Å². The Kier molecular flexibility index (Phi) is 5.20. The fraction of sp³-hybridized carbons (Fsp3) is 0.235. The van der Waals surface area contributed by atoms with Gasteiger partial charge < -0.3 is 10.3 Å². The first-order valence-electron chi connectivity index (χ1n) is 7.10. The first-order chi connectivity index (χ1) is 10.9. The SMILES string of the molecule is Cc1[nH]c(=O)c(C#N)c(C)c1CCC(=O)Nc1cccc(Cl)c1. The molecule has 1 amide bonds. The second-order valence-electron chi connectivity index (χ2n) is 5.23. The van der Waals surface area contributed by atoms with Crippen molar-refractivity contribution < 1.29 is 4.79 Å². The molecule has 0 spiro atoms. The Morgan fingerprint density at radius 2 is 2.13 bits per heavy atom. The molecular weight excluding hydrogens is 314 g/mol. The lowest BCUT2D eigenvalue weighted by Gasteiger charge is -2.11. The fourth-order valence-corrected chi connectivity index (χ4v) is 2.64. The highest BCUT2D eigenvalue weighted by molar-refractivity contribution is 6.30. The largest absolute Gasteiger partial charge is 0.326 e. The second kappa shape index (κ2) is 7.12. The zero-order valence-corrected chi connectivity index (χ0v) is 13.6. The van der Waals surface area contributed by atoms with Gasteiger partial charge in [-0.1, -0.05) is 17.7 Å². The summed E-state index contributed by atoms with van der Waals surface area (Å²) in [6.45, 7) is 3.49.